The number of amides is 2. The zero-order valence-corrected chi connectivity index (χ0v) is 14.4. The molecule has 1 aliphatic rings. The van der Waals surface area contributed by atoms with Gasteiger partial charge in [-0.15, -0.1) is 11.3 Å². The molecule has 1 N–H and O–H groups in total. The van der Waals surface area contributed by atoms with Crippen LogP contribution in [0, 0.1) is 17.6 Å². The van der Waals surface area contributed by atoms with Crippen molar-refractivity contribution >= 4 is 40.5 Å². The van der Waals surface area contributed by atoms with E-state index in [4.69, 9.17) is 0 Å². The molecule has 0 bridgehead atoms. The maximum Gasteiger partial charge on any atom is 0.350 e. The van der Waals surface area contributed by atoms with Gasteiger partial charge in [-0.1, -0.05) is 0 Å². The van der Waals surface area contributed by atoms with Gasteiger partial charge in [-0.25, -0.2) is 13.6 Å². The van der Waals surface area contributed by atoms with Crippen LogP contribution in [0.25, 0.3) is 0 Å². The number of nitrogens with one attached hydrogen (secondary N) is 1. The molecule has 136 valence electrons. The highest BCUT2D eigenvalue weighted by Gasteiger charge is 2.36. The third kappa shape index (κ3) is 3.43. The predicted molar refractivity (Wildman–Crippen MR) is 91.1 cm³/mol. The summed E-state index contributed by atoms with van der Waals surface area (Å²) < 4.78 is 31.6. The maximum atomic E-state index is 13.9. The van der Waals surface area contributed by atoms with Gasteiger partial charge >= 0.3 is 5.97 Å². The number of benzene rings is 1. The zero-order chi connectivity index (χ0) is 18.8. The number of anilines is 2. The van der Waals surface area contributed by atoms with Gasteiger partial charge in [0.2, 0.25) is 11.8 Å². The second kappa shape index (κ2) is 7.20. The first-order valence-electron chi connectivity index (χ1n) is 7.62. The van der Waals surface area contributed by atoms with Gasteiger partial charge < -0.3 is 15.0 Å². The third-order valence-electron chi connectivity index (χ3n) is 3.99. The third-order valence-corrected chi connectivity index (χ3v) is 4.88. The van der Waals surface area contributed by atoms with Crippen LogP contribution in [0.2, 0.25) is 0 Å². The van der Waals surface area contributed by atoms with Crippen LogP contribution in [0.3, 0.4) is 0 Å². The summed E-state index contributed by atoms with van der Waals surface area (Å²) in [6.45, 7) is -0.0368. The molecule has 0 saturated carbocycles. The van der Waals surface area contributed by atoms with Crippen molar-refractivity contribution in [2.24, 2.45) is 5.92 Å². The number of carbonyl (C=O) groups is 3. The molecule has 6 nitrogen and oxygen atoms in total. The summed E-state index contributed by atoms with van der Waals surface area (Å²) in [6.07, 6.45) is -0.111. The van der Waals surface area contributed by atoms with E-state index in [9.17, 15) is 23.2 Å². The van der Waals surface area contributed by atoms with Crippen molar-refractivity contribution in [2.45, 2.75) is 6.42 Å². The van der Waals surface area contributed by atoms with E-state index in [0.29, 0.717) is 11.8 Å². The topological polar surface area (TPSA) is 75.7 Å². The van der Waals surface area contributed by atoms with Gasteiger partial charge in [0.05, 0.1) is 24.4 Å². The van der Waals surface area contributed by atoms with Crippen molar-refractivity contribution in [3.8, 4) is 0 Å². The normalized spacial score (nSPS) is 16.7. The van der Waals surface area contributed by atoms with Gasteiger partial charge in [0.15, 0.2) is 0 Å². The van der Waals surface area contributed by atoms with Crippen LogP contribution in [0.1, 0.15) is 16.1 Å². The van der Waals surface area contributed by atoms with Crippen LogP contribution < -0.4 is 10.2 Å². The van der Waals surface area contributed by atoms with Gasteiger partial charge in [-0.05, 0) is 23.6 Å². The van der Waals surface area contributed by atoms with Gasteiger partial charge in [-0.2, -0.15) is 0 Å². The molecule has 0 spiro atoms. The van der Waals surface area contributed by atoms with Crippen molar-refractivity contribution < 1.29 is 27.9 Å². The van der Waals surface area contributed by atoms with Gasteiger partial charge in [0, 0.05) is 19.0 Å². The summed E-state index contributed by atoms with van der Waals surface area (Å²) in [5.41, 5.74) is 0.225. The molecular formula is C17H14F2N2O4S. The molecule has 1 aromatic heterocycles. The van der Waals surface area contributed by atoms with Crippen LogP contribution in [0.5, 0.6) is 0 Å². The van der Waals surface area contributed by atoms with Crippen LogP contribution in [0.15, 0.2) is 29.6 Å². The molecule has 2 aromatic rings. The number of hydrogen-bond acceptors (Lipinski definition) is 5. The summed E-state index contributed by atoms with van der Waals surface area (Å²) in [5.74, 6) is -3.82. The van der Waals surface area contributed by atoms with Gasteiger partial charge in [-0.3, -0.25) is 9.59 Å². The molecule has 9 heteroatoms. The van der Waals surface area contributed by atoms with E-state index in [1.165, 1.54) is 7.11 Å². The summed E-state index contributed by atoms with van der Waals surface area (Å²) in [5, 5.41) is 4.23. The van der Waals surface area contributed by atoms with Gasteiger partial charge in [0.25, 0.3) is 0 Å². The molecule has 1 fully saturated rings. The van der Waals surface area contributed by atoms with E-state index < -0.39 is 35.3 Å². The minimum atomic E-state index is -0.870. The lowest BCUT2D eigenvalue weighted by Gasteiger charge is -2.17. The quantitative estimate of drug-likeness (QED) is 0.828. The monoisotopic (exact) mass is 380 g/mol. The summed E-state index contributed by atoms with van der Waals surface area (Å²) >= 11 is 1.12. The second-order valence-corrected chi connectivity index (χ2v) is 6.56. The predicted octanol–water partition coefficient (Wildman–Crippen LogP) is 2.80. The number of halogens is 2. The van der Waals surface area contributed by atoms with E-state index in [-0.39, 0.29) is 23.5 Å². The van der Waals surface area contributed by atoms with Crippen molar-refractivity contribution in [1.29, 1.82) is 0 Å². The summed E-state index contributed by atoms with van der Waals surface area (Å²) in [4.78, 5) is 37.6. The van der Waals surface area contributed by atoms with Crippen molar-refractivity contribution in [1.82, 2.24) is 0 Å². The number of esters is 1. The van der Waals surface area contributed by atoms with Crippen molar-refractivity contribution in [2.75, 3.05) is 23.9 Å². The fraction of sp³-hybridized carbons (Fsp3) is 0.235. The number of hydrogen-bond donors (Lipinski definition) is 1. The highest BCUT2D eigenvalue weighted by molar-refractivity contribution is 7.12. The first kappa shape index (κ1) is 18.0. The maximum absolute atomic E-state index is 13.9. The molecule has 1 aliphatic heterocycles. The molecule has 1 aromatic carbocycles. The van der Waals surface area contributed by atoms with E-state index in [1.54, 1.807) is 11.4 Å². The van der Waals surface area contributed by atoms with Crippen LogP contribution in [0.4, 0.5) is 20.2 Å². The Morgan fingerprint density at radius 1 is 1.31 bits per heavy atom. The molecule has 3 rings (SSSR count). The molecule has 1 unspecified atom stereocenters. The molecule has 2 amide bonds. The summed E-state index contributed by atoms with van der Waals surface area (Å²) in [6, 6.07) is 4.46. The fourth-order valence-corrected chi connectivity index (χ4v) is 3.48. The lowest BCUT2D eigenvalue weighted by molar-refractivity contribution is -0.122. The minimum Gasteiger partial charge on any atom is -0.465 e. The number of carbonyl (C=O) groups excluding carboxylic acids is 3. The zero-order valence-electron chi connectivity index (χ0n) is 13.6. The summed E-state index contributed by atoms with van der Waals surface area (Å²) in [7, 11) is 1.23. The van der Waals surface area contributed by atoms with E-state index in [2.05, 4.69) is 10.1 Å². The molecule has 1 saturated heterocycles. The van der Waals surface area contributed by atoms with Gasteiger partial charge in [0.1, 0.15) is 16.5 Å². The average molecular weight is 380 g/mol. The Morgan fingerprint density at radius 2 is 2.08 bits per heavy atom. The molecule has 2 heterocycles. The average Bonchev–Trinajstić information content (AvgIpc) is 3.21. The number of nitrogens with zero attached hydrogens (tertiary/aromatic N) is 1. The molecule has 0 aliphatic carbocycles. The van der Waals surface area contributed by atoms with E-state index >= 15 is 0 Å². The molecule has 26 heavy (non-hydrogen) atoms. The Bertz CT molecular complexity index is 883. The second-order valence-electron chi connectivity index (χ2n) is 5.65. The SMILES string of the molecule is COC(=O)c1sccc1NC(=O)C1CC(=O)N(c2ccc(F)cc2F)C1. The largest absolute Gasteiger partial charge is 0.465 e. The Kier molecular flexibility index (Phi) is 4.99. The smallest absolute Gasteiger partial charge is 0.350 e. The van der Waals surface area contributed by atoms with Crippen LogP contribution in [-0.4, -0.2) is 31.4 Å². The Balaban J connectivity index is 1.73. The number of methoxy groups -OCH3 is 1. The Morgan fingerprint density at radius 3 is 2.77 bits per heavy atom. The Labute approximate surface area is 151 Å². The Hall–Kier alpha value is -2.81. The first-order valence-corrected chi connectivity index (χ1v) is 8.50. The molecule has 0 radical (unpaired) electrons. The number of rotatable bonds is 4. The highest BCUT2D eigenvalue weighted by atomic mass is 32.1. The van der Waals surface area contributed by atoms with Crippen LogP contribution in [-0.2, 0) is 14.3 Å². The number of thiophene rings is 1. The number of ether oxygens (including phenoxy) is 1. The van der Waals surface area contributed by atoms with Crippen molar-refractivity contribution in [3.05, 3.63) is 46.2 Å². The fourth-order valence-electron chi connectivity index (χ4n) is 2.71. The minimum absolute atomic E-state index is 0.0368. The van der Waals surface area contributed by atoms with Crippen LogP contribution >= 0.6 is 11.3 Å². The molecule has 1 atom stereocenters. The lowest BCUT2D eigenvalue weighted by Crippen LogP contribution is -2.29. The standard InChI is InChI=1S/C17H14F2N2O4S/c1-25-17(24)15-12(4-5-26-15)20-16(23)9-6-14(22)21(8-9)13-3-2-10(18)7-11(13)19/h2-5,7,9H,6,8H2,1H3,(H,20,23). The first-order chi connectivity index (χ1) is 12.4. The van der Waals surface area contributed by atoms with E-state index in [1.807, 2.05) is 0 Å². The van der Waals surface area contributed by atoms with Crippen molar-refractivity contribution in [3.63, 3.8) is 0 Å². The lowest BCUT2D eigenvalue weighted by atomic mass is 10.1. The van der Waals surface area contributed by atoms with E-state index in [0.717, 1.165) is 28.4 Å². The highest BCUT2D eigenvalue weighted by Crippen LogP contribution is 2.30. The molecular weight excluding hydrogens is 366 g/mol.